The molecule has 5 nitrogen and oxygen atoms in total. The van der Waals surface area contributed by atoms with Crippen molar-refractivity contribution in [2.75, 3.05) is 6.54 Å². The first kappa shape index (κ1) is 22.4. The first-order valence-electron chi connectivity index (χ1n) is 10.2. The van der Waals surface area contributed by atoms with Crippen LogP contribution in [0.2, 0.25) is 0 Å². The van der Waals surface area contributed by atoms with Crippen LogP contribution in [0.1, 0.15) is 65.0 Å². The number of nitrogens with zero attached hydrogens (tertiary/aromatic N) is 1. The summed E-state index contributed by atoms with van der Waals surface area (Å²) in [6, 6.07) is 4.91. The van der Waals surface area contributed by atoms with Gasteiger partial charge in [0.2, 0.25) is 0 Å². The molecule has 0 saturated carbocycles. The molecule has 3 atom stereocenters. The Morgan fingerprint density at radius 3 is 2.59 bits per heavy atom. The number of benzene rings is 1. The number of carbonyl (C=O) groups is 1. The van der Waals surface area contributed by atoms with Gasteiger partial charge in [-0.15, -0.1) is 0 Å². The Balaban J connectivity index is 1.84. The van der Waals surface area contributed by atoms with E-state index in [4.69, 9.17) is 9.88 Å². The monoisotopic (exact) mass is 424 g/mol. The van der Waals surface area contributed by atoms with Crippen molar-refractivity contribution in [3.63, 3.8) is 0 Å². The highest BCUT2D eigenvalue weighted by atomic mass is 32.2. The van der Waals surface area contributed by atoms with Crippen LogP contribution in [0, 0.1) is 11.2 Å². The minimum atomic E-state index is -1.51. The summed E-state index contributed by atoms with van der Waals surface area (Å²) < 4.78 is 30.8. The van der Waals surface area contributed by atoms with Gasteiger partial charge in [0.25, 0.3) is 0 Å². The van der Waals surface area contributed by atoms with Crippen LogP contribution in [-0.2, 0) is 28.9 Å². The lowest BCUT2D eigenvalue weighted by Crippen LogP contribution is -2.54. The predicted molar refractivity (Wildman–Crippen MR) is 113 cm³/mol. The number of piperidine rings is 1. The summed E-state index contributed by atoms with van der Waals surface area (Å²) in [5.74, 6) is -0.205. The Morgan fingerprint density at radius 2 is 1.97 bits per heavy atom. The Kier molecular flexibility index (Phi) is 5.98. The fourth-order valence-electron chi connectivity index (χ4n) is 4.77. The fourth-order valence-corrected chi connectivity index (χ4v) is 5.12. The van der Waals surface area contributed by atoms with Crippen LogP contribution in [0.4, 0.5) is 9.18 Å². The van der Waals surface area contributed by atoms with E-state index in [1.165, 1.54) is 11.6 Å². The molecule has 29 heavy (non-hydrogen) atoms. The number of hydrogen-bond donors (Lipinski definition) is 1. The third-order valence-electron chi connectivity index (χ3n) is 6.19. The van der Waals surface area contributed by atoms with Crippen molar-refractivity contribution in [2.45, 2.75) is 83.1 Å². The van der Waals surface area contributed by atoms with Gasteiger partial charge in [0, 0.05) is 30.4 Å². The minimum absolute atomic E-state index is 0.00846. The SMILES string of the molecule is CC(C)(C)OC(=O)N1CCC2(Cc3ccc(F)cc3C2)CC1CC(C)(C)[S+](N)[O-]. The van der Waals surface area contributed by atoms with E-state index in [1.54, 1.807) is 11.0 Å². The van der Waals surface area contributed by atoms with Crippen molar-refractivity contribution in [2.24, 2.45) is 10.6 Å². The van der Waals surface area contributed by atoms with Crippen molar-refractivity contribution in [1.29, 1.82) is 0 Å². The number of carbonyl (C=O) groups excluding carboxylic acids is 1. The second kappa shape index (κ2) is 7.75. The van der Waals surface area contributed by atoms with E-state index in [0.717, 1.165) is 31.2 Å². The molecule has 1 heterocycles. The molecule has 0 aromatic heterocycles. The summed E-state index contributed by atoms with van der Waals surface area (Å²) in [6.07, 6.45) is 3.49. The van der Waals surface area contributed by atoms with E-state index in [-0.39, 0.29) is 23.4 Å². The van der Waals surface area contributed by atoms with Crippen LogP contribution in [0.3, 0.4) is 0 Å². The van der Waals surface area contributed by atoms with Gasteiger partial charge in [-0.2, -0.15) is 5.14 Å². The van der Waals surface area contributed by atoms with E-state index in [2.05, 4.69) is 0 Å². The standard InChI is InChI=1S/C22H33FN2O3S/c1-20(2,3)28-19(26)25-9-8-22(14-18(25)13-21(4,5)29(24)27)11-15-6-7-17(23)10-16(15)12-22/h6-7,10,18H,8-9,11-14,24H2,1-5H3. The van der Waals surface area contributed by atoms with Crippen molar-refractivity contribution in [1.82, 2.24) is 4.90 Å². The lowest BCUT2D eigenvalue weighted by molar-refractivity contribution is -0.0101. The van der Waals surface area contributed by atoms with E-state index >= 15 is 0 Å². The lowest BCUT2D eigenvalue weighted by atomic mass is 9.71. The van der Waals surface area contributed by atoms with Gasteiger partial charge in [-0.25, -0.2) is 9.18 Å². The summed E-state index contributed by atoms with van der Waals surface area (Å²) in [6.45, 7) is 9.88. The molecule has 2 aliphatic rings. The number of nitrogens with two attached hydrogens (primary N) is 1. The Hall–Kier alpha value is -1.31. The van der Waals surface area contributed by atoms with Gasteiger partial charge in [-0.3, -0.25) is 0 Å². The molecular weight excluding hydrogens is 391 g/mol. The fraction of sp³-hybridized carbons (Fsp3) is 0.682. The van der Waals surface area contributed by atoms with Gasteiger partial charge in [-0.1, -0.05) is 6.07 Å². The quantitative estimate of drug-likeness (QED) is 0.741. The number of rotatable bonds is 3. The first-order chi connectivity index (χ1) is 13.3. The van der Waals surface area contributed by atoms with Crippen LogP contribution in [0.15, 0.2) is 18.2 Å². The number of amides is 1. The third-order valence-corrected chi connectivity index (χ3v) is 7.45. The summed E-state index contributed by atoms with van der Waals surface area (Å²) in [7, 11) is 0. The molecule has 7 heteroatoms. The van der Waals surface area contributed by atoms with Crippen molar-refractivity contribution < 1.29 is 18.5 Å². The van der Waals surface area contributed by atoms with Crippen LogP contribution in [0.5, 0.6) is 0 Å². The second-order valence-corrected chi connectivity index (χ2v) is 12.0. The molecule has 1 fully saturated rings. The molecule has 1 aliphatic carbocycles. The number of hydrogen-bond acceptors (Lipinski definition) is 4. The zero-order chi connectivity index (χ0) is 21.6. The van der Waals surface area contributed by atoms with Gasteiger partial charge in [0.05, 0.1) is 0 Å². The average molecular weight is 425 g/mol. The van der Waals surface area contributed by atoms with Gasteiger partial charge in [0.1, 0.15) is 16.2 Å². The third kappa shape index (κ3) is 5.06. The first-order valence-corrected chi connectivity index (χ1v) is 11.4. The summed E-state index contributed by atoms with van der Waals surface area (Å²) in [4.78, 5) is 14.7. The lowest BCUT2D eigenvalue weighted by Gasteiger charge is -2.46. The van der Waals surface area contributed by atoms with E-state index in [1.807, 2.05) is 40.7 Å². The van der Waals surface area contributed by atoms with Crippen molar-refractivity contribution in [3.8, 4) is 0 Å². The number of fused-ring (bicyclic) bond motifs is 1. The van der Waals surface area contributed by atoms with Crippen molar-refractivity contribution >= 4 is 17.5 Å². The average Bonchev–Trinajstić information content (AvgIpc) is 2.89. The Bertz CT molecular complexity index is 778. The molecule has 1 spiro atoms. The molecule has 1 amide bonds. The Morgan fingerprint density at radius 1 is 1.31 bits per heavy atom. The smallest absolute Gasteiger partial charge is 0.410 e. The van der Waals surface area contributed by atoms with Gasteiger partial charge in [-0.05, 0) is 89.0 Å². The minimum Gasteiger partial charge on any atom is -0.598 e. The largest absolute Gasteiger partial charge is 0.598 e. The van der Waals surface area contributed by atoms with E-state index in [0.29, 0.717) is 13.0 Å². The maximum Gasteiger partial charge on any atom is 0.410 e. The predicted octanol–water partition coefficient (Wildman–Crippen LogP) is 4.10. The number of halogens is 1. The maximum atomic E-state index is 13.7. The molecule has 1 aliphatic heterocycles. The topological polar surface area (TPSA) is 78.6 Å². The zero-order valence-electron chi connectivity index (χ0n) is 18.1. The second-order valence-electron chi connectivity index (χ2n) is 10.3. The molecule has 0 bridgehead atoms. The molecule has 2 N–H and O–H groups in total. The van der Waals surface area contributed by atoms with E-state index in [9.17, 15) is 13.7 Å². The molecule has 0 radical (unpaired) electrons. The molecule has 3 rings (SSSR count). The molecule has 162 valence electrons. The van der Waals surface area contributed by atoms with Crippen molar-refractivity contribution in [3.05, 3.63) is 35.1 Å². The molecule has 1 aromatic carbocycles. The normalized spacial score (nSPS) is 25.8. The summed E-state index contributed by atoms with van der Waals surface area (Å²) in [5.41, 5.74) is 1.67. The highest BCUT2D eigenvalue weighted by molar-refractivity contribution is 7.90. The van der Waals surface area contributed by atoms with Crippen LogP contribution >= 0.6 is 0 Å². The Labute approximate surface area is 176 Å². The highest BCUT2D eigenvalue weighted by Gasteiger charge is 2.48. The van der Waals surface area contributed by atoms with Crippen LogP contribution in [0.25, 0.3) is 0 Å². The van der Waals surface area contributed by atoms with Gasteiger partial charge in [0.15, 0.2) is 0 Å². The summed E-state index contributed by atoms with van der Waals surface area (Å²) >= 11 is -1.51. The number of likely N-dealkylation sites (tertiary alicyclic amines) is 1. The van der Waals surface area contributed by atoms with E-state index < -0.39 is 21.7 Å². The van der Waals surface area contributed by atoms with Gasteiger partial charge >= 0.3 is 6.09 Å². The molecule has 1 aromatic rings. The molecular formula is C22H33FN2O3S. The summed E-state index contributed by atoms with van der Waals surface area (Å²) in [5, 5.41) is 5.74. The molecule has 1 saturated heterocycles. The number of ether oxygens (including phenoxy) is 1. The van der Waals surface area contributed by atoms with Crippen LogP contribution in [-0.4, -0.2) is 38.5 Å². The highest BCUT2D eigenvalue weighted by Crippen LogP contribution is 2.48. The zero-order valence-corrected chi connectivity index (χ0v) is 18.9. The van der Waals surface area contributed by atoms with Gasteiger partial charge < -0.3 is 14.2 Å². The van der Waals surface area contributed by atoms with Crippen LogP contribution < -0.4 is 5.14 Å². The molecule has 3 unspecified atom stereocenters. The maximum absolute atomic E-state index is 13.7.